The molecule has 0 spiro atoms. The van der Waals surface area contributed by atoms with E-state index in [4.69, 9.17) is 4.98 Å². The number of hydrogen-bond donors (Lipinski definition) is 0. The molecule has 0 bridgehead atoms. The number of fused-ring (bicyclic) bond motifs is 4. The standard InChI is InChI=1S/C42H27N3O.Li/c46-38-25-24-34(35-17-10-26-43-41(35)38)40-32-15-6-4-13-30(32)39(31-14-5-7-16-33(31)40)27-20-22-28(23-21-27)42-44-36-18-8-9-19-37(36)45(42)29-11-2-1-3-12-29;/h1-26,46H;/q;+1. The fraction of sp³-hybridized carbons (Fsp3) is 0. The third kappa shape index (κ3) is 4.62. The van der Waals surface area contributed by atoms with E-state index in [-0.39, 0.29) is 24.6 Å². The summed E-state index contributed by atoms with van der Waals surface area (Å²) in [5.74, 6) is 0.903. The summed E-state index contributed by atoms with van der Waals surface area (Å²) < 4.78 is 2.23. The molecule has 0 amide bonds. The number of hydrogen-bond acceptors (Lipinski definition) is 2. The van der Waals surface area contributed by atoms with Crippen molar-refractivity contribution >= 4 is 43.5 Å². The summed E-state index contributed by atoms with van der Waals surface area (Å²) in [6.45, 7) is 0. The van der Waals surface area contributed by atoms with E-state index in [0.717, 1.165) is 61.0 Å². The van der Waals surface area contributed by atoms with Gasteiger partial charge in [0.05, 0.1) is 16.4 Å². The van der Waals surface area contributed by atoms with Crippen molar-refractivity contribution in [2.75, 3.05) is 0 Å². The summed E-state index contributed by atoms with van der Waals surface area (Å²) in [5.41, 5.74) is 9.30. The van der Waals surface area contributed by atoms with Gasteiger partial charge in [0.1, 0.15) is 5.82 Å². The minimum atomic E-state index is -0.00883. The molecule has 0 fully saturated rings. The van der Waals surface area contributed by atoms with Crippen molar-refractivity contribution in [2.45, 2.75) is 0 Å². The first-order valence-corrected chi connectivity index (χ1v) is 15.4. The van der Waals surface area contributed by atoms with E-state index in [1.807, 2.05) is 36.5 Å². The molecule has 0 aliphatic carbocycles. The third-order valence-corrected chi connectivity index (χ3v) is 9.00. The van der Waals surface area contributed by atoms with Crippen LogP contribution in [0.3, 0.4) is 0 Å². The Balaban J connectivity index is 0.00000324. The molecular formula is C42H27LiN3O+. The number of pyridine rings is 1. The van der Waals surface area contributed by atoms with Gasteiger partial charge in [-0.05, 0) is 79.9 Å². The predicted octanol–water partition coefficient (Wildman–Crippen LogP) is 6.38. The van der Waals surface area contributed by atoms with Gasteiger partial charge in [-0.2, -0.15) is 0 Å². The molecule has 2 heterocycles. The zero-order chi connectivity index (χ0) is 30.6. The zero-order valence-electron chi connectivity index (χ0n) is 25.8. The van der Waals surface area contributed by atoms with Gasteiger partial charge in [0, 0.05) is 17.3 Å². The normalized spacial score (nSPS) is 11.3. The molecule has 1 N–H and O–H groups in total. The van der Waals surface area contributed by atoms with Crippen LogP contribution in [0.1, 0.15) is 0 Å². The number of para-hydroxylation sites is 3. The number of benzene rings is 7. The van der Waals surface area contributed by atoms with E-state index in [9.17, 15) is 5.11 Å². The topological polar surface area (TPSA) is 55.0 Å². The molecule has 9 rings (SSSR count). The van der Waals surface area contributed by atoms with Crippen LogP contribution in [0.4, 0.5) is 0 Å². The quantitative estimate of drug-likeness (QED) is 0.175. The second-order valence-corrected chi connectivity index (χ2v) is 11.6. The van der Waals surface area contributed by atoms with Crippen LogP contribution in [0.2, 0.25) is 0 Å². The maximum atomic E-state index is 12.8. The van der Waals surface area contributed by atoms with Crippen molar-refractivity contribution in [3.8, 4) is 45.1 Å². The van der Waals surface area contributed by atoms with Crippen LogP contribution in [-0.4, -0.2) is 9.55 Å². The van der Waals surface area contributed by atoms with Crippen molar-refractivity contribution in [3.05, 3.63) is 158 Å². The predicted molar refractivity (Wildman–Crippen MR) is 186 cm³/mol. The van der Waals surface area contributed by atoms with Crippen LogP contribution in [-0.2, 0) is 0 Å². The smallest absolute Gasteiger partial charge is 0.868 e. The van der Waals surface area contributed by atoms with Crippen LogP contribution in [0, 0.1) is 0 Å². The Hall–Kier alpha value is -5.66. The van der Waals surface area contributed by atoms with E-state index in [2.05, 4.69) is 125 Å². The summed E-state index contributed by atoms with van der Waals surface area (Å²) in [6, 6.07) is 52.3. The first kappa shape index (κ1) is 28.8. The van der Waals surface area contributed by atoms with Gasteiger partial charge >= 0.3 is 18.9 Å². The minimum Gasteiger partial charge on any atom is -0.868 e. The second-order valence-electron chi connectivity index (χ2n) is 11.6. The van der Waals surface area contributed by atoms with Gasteiger partial charge in [-0.3, -0.25) is 4.57 Å². The summed E-state index contributed by atoms with van der Waals surface area (Å²) in [7, 11) is 0. The Bertz CT molecular complexity index is 2530. The van der Waals surface area contributed by atoms with Gasteiger partial charge in [0.15, 0.2) is 6.20 Å². The Kier molecular flexibility index (Phi) is 7.11. The minimum absolute atomic E-state index is 0. The Morgan fingerprint density at radius 1 is 0.511 bits per heavy atom. The van der Waals surface area contributed by atoms with Gasteiger partial charge in [-0.25, -0.2) is 9.97 Å². The van der Waals surface area contributed by atoms with Gasteiger partial charge < -0.3 is 5.11 Å². The summed E-state index contributed by atoms with van der Waals surface area (Å²) in [5, 5.41) is 18.3. The number of nitrogens with zero attached hydrogens (tertiary/aromatic N) is 2. The monoisotopic (exact) mass is 596 g/mol. The van der Waals surface area contributed by atoms with Crippen molar-refractivity contribution in [3.63, 3.8) is 0 Å². The van der Waals surface area contributed by atoms with Gasteiger partial charge in [0.25, 0.3) is 0 Å². The maximum Gasteiger partial charge on any atom is 1.00 e. The number of nitrogens with one attached hydrogen (secondary N) is 1. The molecule has 0 radical (unpaired) electrons. The Morgan fingerprint density at radius 3 is 1.79 bits per heavy atom. The molecule has 0 saturated heterocycles. The van der Waals surface area contributed by atoms with Crippen molar-refractivity contribution < 1.29 is 29.0 Å². The SMILES string of the molecule is [Li+].[O-]c1ccc(-c2c3ccccc3c(-c3ccc(-c4nc5ccccc5n4-c4ccccc4)cc3)c3ccccc23)c2ccc[nH+]c12. The average molecular weight is 597 g/mol. The van der Waals surface area contributed by atoms with E-state index in [1.54, 1.807) is 6.07 Å². The van der Waals surface area contributed by atoms with Gasteiger partial charge in [-0.1, -0.05) is 115 Å². The van der Waals surface area contributed by atoms with E-state index in [1.165, 1.54) is 16.3 Å². The largest absolute Gasteiger partial charge is 1.00 e. The molecule has 7 aromatic carbocycles. The van der Waals surface area contributed by atoms with E-state index < -0.39 is 0 Å². The molecule has 0 aliphatic rings. The molecule has 2 aromatic heterocycles. The fourth-order valence-corrected chi connectivity index (χ4v) is 6.99. The molecule has 0 unspecified atom stereocenters. The molecule has 5 heteroatoms. The Morgan fingerprint density at radius 2 is 1.09 bits per heavy atom. The van der Waals surface area contributed by atoms with Crippen LogP contribution in [0.25, 0.3) is 82.8 Å². The average Bonchev–Trinajstić information content (AvgIpc) is 3.51. The van der Waals surface area contributed by atoms with Gasteiger partial charge in [0.2, 0.25) is 5.52 Å². The first-order chi connectivity index (χ1) is 22.8. The number of aromatic amines is 1. The number of H-pyrrole nitrogens is 1. The summed E-state index contributed by atoms with van der Waals surface area (Å²) in [6.07, 6.45) is 1.81. The van der Waals surface area contributed by atoms with Crippen molar-refractivity contribution in [2.24, 2.45) is 0 Å². The van der Waals surface area contributed by atoms with Crippen LogP contribution < -0.4 is 29.0 Å². The van der Waals surface area contributed by atoms with Crippen molar-refractivity contribution in [1.29, 1.82) is 0 Å². The first-order valence-electron chi connectivity index (χ1n) is 15.4. The van der Waals surface area contributed by atoms with E-state index >= 15 is 0 Å². The molecule has 9 aromatic rings. The molecule has 216 valence electrons. The summed E-state index contributed by atoms with van der Waals surface area (Å²) in [4.78, 5) is 8.26. The maximum absolute atomic E-state index is 12.8. The van der Waals surface area contributed by atoms with Crippen molar-refractivity contribution in [1.82, 2.24) is 9.55 Å². The van der Waals surface area contributed by atoms with Gasteiger partial charge in [-0.15, -0.1) is 0 Å². The zero-order valence-corrected chi connectivity index (χ0v) is 25.8. The molecule has 47 heavy (non-hydrogen) atoms. The van der Waals surface area contributed by atoms with E-state index in [0.29, 0.717) is 5.52 Å². The van der Waals surface area contributed by atoms with Crippen LogP contribution in [0.15, 0.2) is 158 Å². The number of rotatable bonds is 4. The number of aromatic nitrogens is 3. The molecule has 0 saturated carbocycles. The second kappa shape index (κ2) is 11.6. The van der Waals surface area contributed by atoms with Crippen LogP contribution in [0.5, 0.6) is 5.75 Å². The molecule has 4 nitrogen and oxygen atoms in total. The fourth-order valence-electron chi connectivity index (χ4n) is 6.99. The number of imidazole rings is 1. The third-order valence-electron chi connectivity index (χ3n) is 9.00. The molecule has 0 atom stereocenters. The summed E-state index contributed by atoms with van der Waals surface area (Å²) >= 11 is 0. The van der Waals surface area contributed by atoms with Crippen LogP contribution >= 0.6 is 0 Å². The Labute approximate surface area is 283 Å². The molecule has 0 aliphatic heterocycles. The molecular weight excluding hydrogens is 569 g/mol.